The number of Topliss-reactive ketones (excluding diaryl/α,β-unsaturated/α-hetero) is 1. The number of aromatic nitrogens is 1. The molecule has 1 aromatic heterocycles. The second-order valence-corrected chi connectivity index (χ2v) is 9.29. The van der Waals surface area contributed by atoms with E-state index >= 15 is 0 Å². The van der Waals surface area contributed by atoms with Gasteiger partial charge in [-0.2, -0.15) is 4.31 Å². The average Bonchev–Trinajstić information content (AvgIpc) is 3.11. The van der Waals surface area contributed by atoms with Crippen LogP contribution in [0.3, 0.4) is 0 Å². The van der Waals surface area contributed by atoms with Gasteiger partial charge in [0.1, 0.15) is 10.8 Å². The van der Waals surface area contributed by atoms with E-state index in [9.17, 15) is 13.2 Å². The van der Waals surface area contributed by atoms with Crippen molar-refractivity contribution in [1.82, 2.24) is 9.29 Å². The third kappa shape index (κ3) is 5.70. The van der Waals surface area contributed by atoms with Crippen LogP contribution in [0.5, 0.6) is 0 Å². The van der Waals surface area contributed by atoms with Crippen LogP contribution in [0.1, 0.15) is 51.5 Å². The topological polar surface area (TPSA) is 67.3 Å². The summed E-state index contributed by atoms with van der Waals surface area (Å²) in [4.78, 5) is 16.8. The summed E-state index contributed by atoms with van der Waals surface area (Å²) in [5.41, 5.74) is 1.64. The zero-order valence-corrected chi connectivity index (χ0v) is 17.9. The van der Waals surface area contributed by atoms with Crippen LogP contribution in [-0.4, -0.2) is 36.6 Å². The summed E-state index contributed by atoms with van der Waals surface area (Å²) >= 11 is 1.48. The van der Waals surface area contributed by atoms with E-state index in [1.165, 1.54) is 15.6 Å². The number of thiazole rings is 1. The Labute approximate surface area is 166 Å². The molecule has 1 heterocycles. The maximum Gasteiger partial charge on any atom is 0.243 e. The highest BCUT2D eigenvalue weighted by molar-refractivity contribution is 7.89. The Balaban J connectivity index is 2.08. The number of carbonyl (C=O) groups is 1. The van der Waals surface area contributed by atoms with Crippen molar-refractivity contribution in [2.24, 2.45) is 0 Å². The van der Waals surface area contributed by atoms with Gasteiger partial charge in [0.25, 0.3) is 0 Å². The first-order valence-electron chi connectivity index (χ1n) is 9.49. The molecule has 0 N–H and O–H groups in total. The maximum absolute atomic E-state index is 12.6. The van der Waals surface area contributed by atoms with E-state index in [2.05, 4.69) is 11.9 Å². The van der Waals surface area contributed by atoms with Crippen LogP contribution in [0.25, 0.3) is 11.3 Å². The van der Waals surface area contributed by atoms with E-state index in [0.29, 0.717) is 25.9 Å². The zero-order valence-electron chi connectivity index (χ0n) is 16.3. The lowest BCUT2D eigenvalue weighted by atomic mass is 10.1. The van der Waals surface area contributed by atoms with Crippen molar-refractivity contribution in [3.63, 3.8) is 0 Å². The number of benzene rings is 1. The number of ketones is 1. The van der Waals surface area contributed by atoms with Gasteiger partial charge in [-0.25, -0.2) is 13.4 Å². The fourth-order valence-electron chi connectivity index (χ4n) is 2.86. The molecule has 0 radical (unpaired) electrons. The van der Waals surface area contributed by atoms with E-state index in [1.54, 1.807) is 24.3 Å². The molecule has 0 aliphatic carbocycles. The van der Waals surface area contributed by atoms with Crippen molar-refractivity contribution >= 4 is 27.1 Å². The lowest BCUT2D eigenvalue weighted by Crippen LogP contribution is -2.30. The molecule has 1 aromatic carbocycles. The molecule has 0 aliphatic heterocycles. The van der Waals surface area contributed by atoms with Gasteiger partial charge in [-0.05, 0) is 18.6 Å². The van der Waals surface area contributed by atoms with Gasteiger partial charge in [0, 0.05) is 30.5 Å². The smallest absolute Gasteiger partial charge is 0.243 e. The lowest BCUT2D eigenvalue weighted by molar-refractivity contribution is -0.118. The van der Waals surface area contributed by atoms with E-state index in [-0.39, 0.29) is 10.7 Å². The van der Waals surface area contributed by atoms with E-state index in [1.807, 2.05) is 19.2 Å². The SMILES string of the molecule is CCCCCC(=O)Cc1nc(-c2ccc(S(=O)(=O)N(CC)CC)cc2)cs1. The van der Waals surface area contributed by atoms with Gasteiger partial charge in [0.2, 0.25) is 10.0 Å². The number of sulfonamides is 1. The molecule has 148 valence electrons. The second kappa shape index (κ2) is 10.1. The van der Waals surface area contributed by atoms with Gasteiger partial charge in [-0.3, -0.25) is 4.79 Å². The summed E-state index contributed by atoms with van der Waals surface area (Å²) in [5.74, 6) is 0.227. The van der Waals surface area contributed by atoms with Gasteiger partial charge in [-0.15, -0.1) is 11.3 Å². The van der Waals surface area contributed by atoms with Crippen molar-refractivity contribution in [2.75, 3.05) is 13.1 Å². The maximum atomic E-state index is 12.6. The van der Waals surface area contributed by atoms with Gasteiger partial charge >= 0.3 is 0 Å². The minimum absolute atomic E-state index is 0.227. The minimum atomic E-state index is -3.45. The predicted molar refractivity (Wildman–Crippen MR) is 111 cm³/mol. The van der Waals surface area contributed by atoms with Crippen LogP contribution >= 0.6 is 11.3 Å². The molecule has 0 bridgehead atoms. The Kier molecular flexibility index (Phi) is 8.13. The van der Waals surface area contributed by atoms with Crippen LogP contribution in [0.4, 0.5) is 0 Å². The van der Waals surface area contributed by atoms with E-state index in [4.69, 9.17) is 0 Å². The molecule has 0 amide bonds. The third-order valence-corrected chi connectivity index (χ3v) is 7.37. The standard InChI is InChI=1S/C20H28N2O3S2/c1-4-7-8-9-17(23)14-20-21-19(15-26-20)16-10-12-18(13-11-16)27(24,25)22(5-2)6-3/h10-13,15H,4-9,14H2,1-3H3. The number of rotatable bonds is 11. The summed E-state index contributed by atoms with van der Waals surface area (Å²) in [6.45, 7) is 6.67. The fraction of sp³-hybridized carbons (Fsp3) is 0.500. The molecule has 0 fully saturated rings. The summed E-state index contributed by atoms with van der Waals surface area (Å²) in [6, 6.07) is 6.80. The first kappa shape index (κ1) is 21.7. The third-order valence-electron chi connectivity index (χ3n) is 4.45. The Bertz CT molecular complexity index is 838. The predicted octanol–water partition coefficient (Wildman–Crippen LogP) is 4.53. The quantitative estimate of drug-likeness (QED) is 0.512. The van der Waals surface area contributed by atoms with Crippen LogP contribution in [-0.2, 0) is 21.2 Å². The molecule has 0 saturated heterocycles. The normalized spacial score (nSPS) is 11.9. The molecular weight excluding hydrogens is 380 g/mol. The molecule has 0 saturated carbocycles. The highest BCUT2D eigenvalue weighted by Crippen LogP contribution is 2.25. The molecule has 5 nitrogen and oxygen atoms in total. The summed E-state index contributed by atoms with van der Waals surface area (Å²) in [5, 5.41) is 2.73. The Hall–Kier alpha value is -1.57. The Morgan fingerprint density at radius 2 is 1.74 bits per heavy atom. The Morgan fingerprint density at radius 3 is 2.33 bits per heavy atom. The van der Waals surface area contributed by atoms with E-state index < -0.39 is 10.0 Å². The first-order valence-corrected chi connectivity index (χ1v) is 11.8. The van der Waals surface area contributed by atoms with Gasteiger partial charge in [0.15, 0.2) is 0 Å². The highest BCUT2D eigenvalue weighted by Gasteiger charge is 2.21. The minimum Gasteiger partial charge on any atom is -0.299 e. The van der Waals surface area contributed by atoms with Crippen molar-refractivity contribution in [3.05, 3.63) is 34.7 Å². The van der Waals surface area contributed by atoms with Crippen LogP contribution < -0.4 is 0 Å². The molecule has 0 unspecified atom stereocenters. The monoisotopic (exact) mass is 408 g/mol. The van der Waals surface area contributed by atoms with E-state index in [0.717, 1.165) is 35.5 Å². The molecule has 0 spiro atoms. The van der Waals surface area contributed by atoms with Crippen molar-refractivity contribution in [1.29, 1.82) is 0 Å². The second-order valence-electron chi connectivity index (χ2n) is 6.41. The van der Waals surface area contributed by atoms with Crippen LogP contribution in [0.15, 0.2) is 34.5 Å². The number of unbranched alkanes of at least 4 members (excludes halogenated alkanes) is 2. The van der Waals surface area contributed by atoms with Crippen molar-refractivity contribution < 1.29 is 13.2 Å². The number of hydrogen-bond donors (Lipinski definition) is 0. The summed E-state index contributed by atoms with van der Waals surface area (Å²) < 4.78 is 26.5. The van der Waals surface area contributed by atoms with Gasteiger partial charge < -0.3 is 0 Å². The number of nitrogens with zero attached hydrogens (tertiary/aromatic N) is 2. The molecule has 27 heavy (non-hydrogen) atoms. The molecular formula is C20H28N2O3S2. The molecule has 0 atom stereocenters. The highest BCUT2D eigenvalue weighted by atomic mass is 32.2. The largest absolute Gasteiger partial charge is 0.299 e. The van der Waals surface area contributed by atoms with Crippen molar-refractivity contribution in [3.8, 4) is 11.3 Å². The average molecular weight is 409 g/mol. The molecule has 7 heteroatoms. The van der Waals surface area contributed by atoms with Gasteiger partial charge in [0.05, 0.1) is 17.0 Å². The Morgan fingerprint density at radius 1 is 1.07 bits per heavy atom. The number of carbonyl (C=O) groups excluding carboxylic acids is 1. The fourth-order valence-corrected chi connectivity index (χ4v) is 5.15. The van der Waals surface area contributed by atoms with Gasteiger partial charge in [-0.1, -0.05) is 45.7 Å². The molecule has 2 rings (SSSR count). The first-order chi connectivity index (χ1) is 12.9. The summed E-state index contributed by atoms with van der Waals surface area (Å²) in [7, 11) is -3.45. The zero-order chi connectivity index (χ0) is 19.9. The summed E-state index contributed by atoms with van der Waals surface area (Å²) in [6.07, 6.45) is 4.12. The number of hydrogen-bond acceptors (Lipinski definition) is 5. The molecule has 0 aliphatic rings. The van der Waals surface area contributed by atoms with Crippen LogP contribution in [0, 0.1) is 0 Å². The van der Waals surface area contributed by atoms with Crippen LogP contribution in [0.2, 0.25) is 0 Å². The van der Waals surface area contributed by atoms with Crippen molar-refractivity contribution in [2.45, 2.75) is 57.8 Å². The molecule has 2 aromatic rings. The lowest BCUT2D eigenvalue weighted by Gasteiger charge is -2.18.